The van der Waals surface area contributed by atoms with Crippen molar-refractivity contribution in [3.63, 3.8) is 0 Å². The average molecular weight is 256 g/mol. The summed E-state index contributed by atoms with van der Waals surface area (Å²) < 4.78 is 0. The van der Waals surface area contributed by atoms with Gasteiger partial charge in [-0.25, -0.2) is 0 Å². The van der Waals surface area contributed by atoms with E-state index in [1.54, 1.807) is 0 Å². The minimum absolute atomic E-state index is 0.115. The highest BCUT2D eigenvalue weighted by Gasteiger charge is 2.25. The van der Waals surface area contributed by atoms with E-state index in [4.69, 9.17) is 11.6 Å². The van der Waals surface area contributed by atoms with E-state index in [9.17, 15) is 5.11 Å². The first-order chi connectivity index (χ1) is 7.83. The maximum atomic E-state index is 9.70. The van der Waals surface area contributed by atoms with E-state index in [0.29, 0.717) is 0 Å². The minimum atomic E-state index is -0.323. The smallest absolute Gasteiger partial charge is 0.0575 e. The number of aliphatic hydroxyl groups is 1. The summed E-state index contributed by atoms with van der Waals surface area (Å²) in [6.07, 6.45) is -0.323. The topological polar surface area (TPSA) is 23.5 Å². The molecule has 1 rings (SSSR count). The van der Waals surface area contributed by atoms with Gasteiger partial charge in [0.15, 0.2) is 0 Å². The van der Waals surface area contributed by atoms with Crippen LogP contribution in [0.25, 0.3) is 0 Å². The Kier molecular flexibility index (Phi) is 4.99. The van der Waals surface area contributed by atoms with Gasteiger partial charge in [0.1, 0.15) is 0 Å². The minimum Gasteiger partial charge on any atom is -0.393 e. The largest absolute Gasteiger partial charge is 0.393 e. The zero-order chi connectivity index (χ0) is 13.1. The molecule has 0 saturated carbocycles. The molecule has 1 aromatic rings. The molecule has 96 valence electrons. The molecule has 1 aromatic carbocycles. The number of rotatable bonds is 5. The SMILES string of the molecule is CC(O)C(C)(C)CN(C)Cc1ccccc1Cl. The van der Waals surface area contributed by atoms with Gasteiger partial charge in [0.05, 0.1) is 6.10 Å². The number of halogens is 1. The van der Waals surface area contributed by atoms with Gasteiger partial charge < -0.3 is 10.0 Å². The van der Waals surface area contributed by atoms with Crippen molar-refractivity contribution in [3.05, 3.63) is 34.9 Å². The predicted octanol–water partition coefficient (Wildman–Crippen LogP) is 3.18. The first kappa shape index (κ1) is 14.5. The van der Waals surface area contributed by atoms with Crippen molar-refractivity contribution in [1.82, 2.24) is 4.90 Å². The number of aliphatic hydroxyl groups excluding tert-OH is 1. The van der Waals surface area contributed by atoms with E-state index in [1.165, 1.54) is 0 Å². The molecule has 1 N–H and O–H groups in total. The Balaban J connectivity index is 2.62. The lowest BCUT2D eigenvalue weighted by Gasteiger charge is -2.33. The van der Waals surface area contributed by atoms with Gasteiger partial charge in [-0.1, -0.05) is 43.6 Å². The van der Waals surface area contributed by atoms with Crippen LogP contribution in [0.3, 0.4) is 0 Å². The van der Waals surface area contributed by atoms with Gasteiger partial charge in [-0.2, -0.15) is 0 Å². The van der Waals surface area contributed by atoms with Gasteiger partial charge in [-0.05, 0) is 25.6 Å². The number of benzene rings is 1. The lowest BCUT2D eigenvalue weighted by atomic mass is 9.87. The van der Waals surface area contributed by atoms with Crippen molar-refractivity contribution >= 4 is 11.6 Å². The van der Waals surface area contributed by atoms with Crippen molar-refractivity contribution < 1.29 is 5.11 Å². The van der Waals surface area contributed by atoms with E-state index < -0.39 is 0 Å². The molecular formula is C14H22ClNO. The molecule has 0 heterocycles. The fourth-order valence-corrected chi connectivity index (χ4v) is 2.00. The van der Waals surface area contributed by atoms with Crippen molar-refractivity contribution in [1.29, 1.82) is 0 Å². The van der Waals surface area contributed by atoms with Crippen LogP contribution in [0.15, 0.2) is 24.3 Å². The summed E-state index contributed by atoms with van der Waals surface area (Å²) in [5, 5.41) is 10.5. The van der Waals surface area contributed by atoms with Crippen LogP contribution in [0, 0.1) is 5.41 Å². The molecule has 3 heteroatoms. The predicted molar refractivity (Wildman–Crippen MR) is 73.2 cm³/mol. The molecule has 0 amide bonds. The lowest BCUT2D eigenvalue weighted by Crippen LogP contribution is -2.38. The standard InChI is InChI=1S/C14H22ClNO/c1-11(17)14(2,3)10-16(4)9-12-7-5-6-8-13(12)15/h5-8,11,17H,9-10H2,1-4H3. The molecule has 17 heavy (non-hydrogen) atoms. The molecule has 0 aromatic heterocycles. The summed E-state index contributed by atoms with van der Waals surface area (Å²) >= 11 is 6.13. The molecule has 0 radical (unpaired) electrons. The second kappa shape index (κ2) is 5.85. The van der Waals surface area contributed by atoms with Crippen molar-refractivity contribution in [3.8, 4) is 0 Å². The van der Waals surface area contributed by atoms with E-state index in [1.807, 2.05) is 38.2 Å². The second-order valence-electron chi connectivity index (χ2n) is 5.43. The number of hydrogen-bond donors (Lipinski definition) is 1. The molecule has 0 bridgehead atoms. The Morgan fingerprint density at radius 2 is 1.94 bits per heavy atom. The number of hydrogen-bond acceptors (Lipinski definition) is 2. The highest BCUT2D eigenvalue weighted by atomic mass is 35.5. The molecule has 1 unspecified atom stereocenters. The Hall–Kier alpha value is -0.570. The van der Waals surface area contributed by atoms with Crippen LogP contribution in [0.1, 0.15) is 26.3 Å². The Bertz CT molecular complexity index is 363. The third-order valence-electron chi connectivity index (χ3n) is 3.21. The zero-order valence-electron chi connectivity index (χ0n) is 11.1. The molecule has 2 nitrogen and oxygen atoms in total. The summed E-state index contributed by atoms with van der Waals surface area (Å²) in [6.45, 7) is 7.61. The molecule has 0 aliphatic rings. The zero-order valence-corrected chi connectivity index (χ0v) is 11.8. The van der Waals surface area contributed by atoms with Crippen molar-refractivity contribution in [2.24, 2.45) is 5.41 Å². The van der Waals surface area contributed by atoms with E-state index in [0.717, 1.165) is 23.7 Å². The van der Waals surface area contributed by atoms with Crippen molar-refractivity contribution in [2.45, 2.75) is 33.4 Å². The van der Waals surface area contributed by atoms with E-state index in [2.05, 4.69) is 18.7 Å². The average Bonchev–Trinajstić information content (AvgIpc) is 2.20. The second-order valence-corrected chi connectivity index (χ2v) is 5.84. The third kappa shape index (κ3) is 4.30. The maximum absolute atomic E-state index is 9.70. The summed E-state index contributed by atoms with van der Waals surface area (Å²) in [5.74, 6) is 0. The molecule has 0 aliphatic heterocycles. The molecule has 1 atom stereocenters. The van der Waals surface area contributed by atoms with Crippen LogP contribution >= 0.6 is 11.6 Å². The summed E-state index contributed by atoms with van der Waals surface area (Å²) in [7, 11) is 2.05. The molecule has 0 aliphatic carbocycles. The number of nitrogens with zero attached hydrogens (tertiary/aromatic N) is 1. The fraction of sp³-hybridized carbons (Fsp3) is 0.571. The molecule has 0 spiro atoms. The summed E-state index contributed by atoms with van der Waals surface area (Å²) in [4.78, 5) is 2.19. The van der Waals surface area contributed by atoms with E-state index >= 15 is 0 Å². The van der Waals surface area contributed by atoms with E-state index in [-0.39, 0.29) is 11.5 Å². The van der Waals surface area contributed by atoms with Crippen LogP contribution in [-0.4, -0.2) is 29.7 Å². The highest BCUT2D eigenvalue weighted by Crippen LogP contribution is 2.23. The van der Waals surface area contributed by atoms with Crippen LogP contribution < -0.4 is 0 Å². The van der Waals surface area contributed by atoms with Gasteiger partial charge in [-0.3, -0.25) is 0 Å². The van der Waals surface area contributed by atoms with Gasteiger partial charge in [0, 0.05) is 23.5 Å². The first-order valence-electron chi connectivity index (χ1n) is 5.93. The van der Waals surface area contributed by atoms with Gasteiger partial charge in [-0.15, -0.1) is 0 Å². The molecule has 0 saturated heterocycles. The summed E-state index contributed by atoms with van der Waals surface area (Å²) in [5.41, 5.74) is 1.01. The van der Waals surface area contributed by atoms with Gasteiger partial charge in [0.2, 0.25) is 0 Å². The first-order valence-corrected chi connectivity index (χ1v) is 6.31. The third-order valence-corrected chi connectivity index (χ3v) is 3.58. The maximum Gasteiger partial charge on any atom is 0.0575 e. The van der Waals surface area contributed by atoms with Gasteiger partial charge >= 0.3 is 0 Å². The quantitative estimate of drug-likeness (QED) is 0.874. The highest BCUT2D eigenvalue weighted by molar-refractivity contribution is 6.31. The Morgan fingerprint density at radius 3 is 2.47 bits per heavy atom. The van der Waals surface area contributed by atoms with Crippen LogP contribution in [0.4, 0.5) is 0 Å². The normalized spacial score (nSPS) is 14.1. The van der Waals surface area contributed by atoms with Crippen LogP contribution in [0.5, 0.6) is 0 Å². The Morgan fingerprint density at radius 1 is 1.35 bits per heavy atom. The fourth-order valence-electron chi connectivity index (χ4n) is 1.80. The molecule has 0 fully saturated rings. The monoisotopic (exact) mass is 255 g/mol. The van der Waals surface area contributed by atoms with Crippen LogP contribution in [-0.2, 0) is 6.54 Å². The van der Waals surface area contributed by atoms with Gasteiger partial charge in [0.25, 0.3) is 0 Å². The summed E-state index contributed by atoms with van der Waals surface area (Å²) in [6, 6.07) is 7.87. The Labute approximate surface area is 109 Å². The van der Waals surface area contributed by atoms with Crippen molar-refractivity contribution in [2.75, 3.05) is 13.6 Å². The lowest BCUT2D eigenvalue weighted by molar-refractivity contribution is 0.0392. The molecular weight excluding hydrogens is 234 g/mol. The van der Waals surface area contributed by atoms with Crippen LogP contribution in [0.2, 0.25) is 5.02 Å².